The standard InChI is InChI=1S/C20H27ClO6/c1-4-5-6-7-8-9-12-26-19(22)16-13-15(21)10-11-17(16)27-18(14-24-2)20(23)25-3/h10-11,13-14H,4-9,12H2,1-3H3. The molecule has 0 aliphatic rings. The third-order valence-electron chi connectivity index (χ3n) is 3.72. The maximum absolute atomic E-state index is 12.4. The Labute approximate surface area is 165 Å². The molecular weight excluding hydrogens is 372 g/mol. The van der Waals surface area contributed by atoms with E-state index >= 15 is 0 Å². The molecule has 0 spiro atoms. The topological polar surface area (TPSA) is 71.1 Å². The second-order valence-corrected chi connectivity index (χ2v) is 6.29. The van der Waals surface area contributed by atoms with Crippen molar-refractivity contribution >= 4 is 23.5 Å². The van der Waals surface area contributed by atoms with Gasteiger partial charge >= 0.3 is 11.9 Å². The number of halogens is 1. The molecular formula is C20H27ClO6. The molecule has 1 aromatic carbocycles. The maximum Gasteiger partial charge on any atom is 0.377 e. The van der Waals surface area contributed by atoms with E-state index in [0.29, 0.717) is 11.6 Å². The van der Waals surface area contributed by atoms with E-state index in [-0.39, 0.29) is 17.1 Å². The number of esters is 2. The van der Waals surface area contributed by atoms with Crippen molar-refractivity contribution in [1.82, 2.24) is 0 Å². The molecule has 150 valence electrons. The highest BCUT2D eigenvalue weighted by Gasteiger charge is 2.20. The van der Waals surface area contributed by atoms with Crippen LogP contribution in [0.2, 0.25) is 5.02 Å². The van der Waals surface area contributed by atoms with E-state index in [2.05, 4.69) is 11.7 Å². The van der Waals surface area contributed by atoms with Crippen molar-refractivity contribution in [2.45, 2.75) is 45.4 Å². The molecule has 0 fully saturated rings. The fraction of sp³-hybridized carbons (Fsp3) is 0.500. The summed E-state index contributed by atoms with van der Waals surface area (Å²) in [5, 5.41) is 0.351. The first-order valence-corrected chi connectivity index (χ1v) is 9.37. The van der Waals surface area contributed by atoms with Crippen LogP contribution in [-0.4, -0.2) is 32.8 Å². The van der Waals surface area contributed by atoms with E-state index in [9.17, 15) is 9.59 Å². The van der Waals surface area contributed by atoms with Gasteiger partial charge in [-0.05, 0) is 24.6 Å². The van der Waals surface area contributed by atoms with Crippen LogP contribution in [-0.2, 0) is 19.0 Å². The van der Waals surface area contributed by atoms with Gasteiger partial charge in [0, 0.05) is 5.02 Å². The minimum absolute atomic E-state index is 0.124. The van der Waals surface area contributed by atoms with Crippen molar-refractivity contribution in [3.8, 4) is 5.75 Å². The van der Waals surface area contributed by atoms with Crippen LogP contribution in [0.4, 0.5) is 0 Å². The molecule has 1 rings (SSSR count). The smallest absolute Gasteiger partial charge is 0.377 e. The molecule has 0 saturated heterocycles. The number of hydrogen-bond acceptors (Lipinski definition) is 6. The predicted molar refractivity (Wildman–Crippen MR) is 103 cm³/mol. The van der Waals surface area contributed by atoms with Gasteiger partial charge in [0.1, 0.15) is 17.6 Å². The summed E-state index contributed by atoms with van der Waals surface area (Å²) in [6, 6.07) is 4.46. The first-order valence-electron chi connectivity index (χ1n) is 8.99. The molecule has 0 aromatic heterocycles. The number of ether oxygens (including phenoxy) is 4. The monoisotopic (exact) mass is 398 g/mol. The second-order valence-electron chi connectivity index (χ2n) is 5.86. The quantitative estimate of drug-likeness (QED) is 0.216. The van der Waals surface area contributed by atoms with Crippen molar-refractivity contribution in [2.75, 3.05) is 20.8 Å². The van der Waals surface area contributed by atoms with Gasteiger partial charge < -0.3 is 18.9 Å². The largest absolute Gasteiger partial charge is 0.500 e. The molecule has 0 heterocycles. The summed E-state index contributed by atoms with van der Waals surface area (Å²) in [6.07, 6.45) is 7.63. The Bertz CT molecular complexity index is 641. The Kier molecular flexibility index (Phi) is 11.0. The van der Waals surface area contributed by atoms with Crippen LogP contribution in [0.1, 0.15) is 55.8 Å². The summed E-state index contributed by atoms with van der Waals surface area (Å²) in [5.41, 5.74) is 0.124. The molecule has 0 saturated carbocycles. The average molecular weight is 399 g/mol. The number of unbranched alkanes of at least 4 members (excludes halogenated alkanes) is 5. The molecule has 0 aliphatic carbocycles. The summed E-state index contributed by atoms with van der Waals surface area (Å²) in [4.78, 5) is 24.1. The molecule has 7 heteroatoms. The number of benzene rings is 1. The van der Waals surface area contributed by atoms with Gasteiger partial charge in [-0.25, -0.2) is 9.59 Å². The van der Waals surface area contributed by atoms with Crippen LogP contribution in [0.15, 0.2) is 30.2 Å². The summed E-state index contributed by atoms with van der Waals surface area (Å²) < 4.78 is 20.2. The molecule has 0 N–H and O–H groups in total. The third kappa shape index (κ3) is 8.35. The van der Waals surface area contributed by atoms with Crippen LogP contribution in [0.5, 0.6) is 5.75 Å². The summed E-state index contributed by atoms with van der Waals surface area (Å²) in [7, 11) is 2.58. The number of hydrogen-bond donors (Lipinski definition) is 0. The third-order valence-corrected chi connectivity index (χ3v) is 3.96. The highest BCUT2D eigenvalue weighted by Crippen LogP contribution is 2.26. The molecule has 0 radical (unpaired) electrons. The highest BCUT2D eigenvalue weighted by atomic mass is 35.5. The van der Waals surface area contributed by atoms with Crippen molar-refractivity contribution < 1.29 is 28.5 Å². The zero-order chi connectivity index (χ0) is 20.1. The van der Waals surface area contributed by atoms with Gasteiger partial charge in [0.15, 0.2) is 0 Å². The normalized spacial score (nSPS) is 11.0. The van der Waals surface area contributed by atoms with Crippen LogP contribution >= 0.6 is 11.6 Å². The van der Waals surface area contributed by atoms with E-state index in [4.69, 9.17) is 25.8 Å². The number of rotatable bonds is 12. The summed E-state index contributed by atoms with van der Waals surface area (Å²) in [6.45, 7) is 2.48. The Morgan fingerprint density at radius 1 is 1.07 bits per heavy atom. The zero-order valence-electron chi connectivity index (χ0n) is 16.1. The lowest BCUT2D eigenvalue weighted by atomic mass is 10.1. The van der Waals surface area contributed by atoms with Gasteiger partial charge in [0.05, 0.1) is 20.8 Å². The molecule has 0 unspecified atom stereocenters. The van der Waals surface area contributed by atoms with Gasteiger partial charge in [-0.15, -0.1) is 0 Å². The van der Waals surface area contributed by atoms with E-state index in [1.54, 1.807) is 6.07 Å². The van der Waals surface area contributed by atoms with Crippen molar-refractivity contribution in [3.63, 3.8) is 0 Å². The number of carbonyl (C=O) groups excluding carboxylic acids is 2. The fourth-order valence-electron chi connectivity index (χ4n) is 2.32. The minimum atomic E-state index is -0.738. The first-order chi connectivity index (χ1) is 13.0. The number of carbonyl (C=O) groups is 2. The summed E-state index contributed by atoms with van der Waals surface area (Å²) >= 11 is 5.99. The molecule has 6 nitrogen and oxygen atoms in total. The van der Waals surface area contributed by atoms with Gasteiger partial charge in [0.2, 0.25) is 5.76 Å². The molecule has 0 atom stereocenters. The van der Waals surface area contributed by atoms with E-state index < -0.39 is 11.9 Å². The Morgan fingerprint density at radius 2 is 1.78 bits per heavy atom. The lowest BCUT2D eigenvalue weighted by molar-refractivity contribution is -0.138. The predicted octanol–water partition coefficient (Wildman–Crippen LogP) is 4.90. The molecule has 1 aromatic rings. The fourth-order valence-corrected chi connectivity index (χ4v) is 2.49. The van der Waals surface area contributed by atoms with E-state index in [1.165, 1.54) is 45.6 Å². The van der Waals surface area contributed by atoms with Crippen LogP contribution in [0.25, 0.3) is 0 Å². The van der Waals surface area contributed by atoms with Crippen molar-refractivity contribution in [2.24, 2.45) is 0 Å². The molecule has 0 bridgehead atoms. The van der Waals surface area contributed by atoms with Crippen molar-refractivity contribution in [3.05, 3.63) is 40.8 Å². The lowest BCUT2D eigenvalue weighted by Gasteiger charge is -2.12. The van der Waals surface area contributed by atoms with Crippen LogP contribution in [0.3, 0.4) is 0 Å². The zero-order valence-corrected chi connectivity index (χ0v) is 16.8. The molecule has 0 aliphatic heterocycles. The first kappa shape index (κ1) is 22.8. The SMILES string of the molecule is CCCCCCCCOC(=O)c1cc(Cl)ccc1OC(=COC)C(=O)OC. The van der Waals surface area contributed by atoms with Gasteiger partial charge in [-0.2, -0.15) is 0 Å². The van der Waals surface area contributed by atoms with Crippen LogP contribution in [0, 0.1) is 0 Å². The Hall–Kier alpha value is -2.21. The molecule has 0 amide bonds. The highest BCUT2D eigenvalue weighted by molar-refractivity contribution is 6.31. The van der Waals surface area contributed by atoms with Crippen molar-refractivity contribution in [1.29, 1.82) is 0 Å². The van der Waals surface area contributed by atoms with Gasteiger partial charge in [0.25, 0.3) is 0 Å². The average Bonchev–Trinajstić information content (AvgIpc) is 2.67. The number of methoxy groups -OCH3 is 2. The Balaban J connectivity index is 2.73. The van der Waals surface area contributed by atoms with Crippen LogP contribution < -0.4 is 4.74 Å². The van der Waals surface area contributed by atoms with Gasteiger partial charge in [-0.1, -0.05) is 50.6 Å². The lowest BCUT2D eigenvalue weighted by Crippen LogP contribution is -2.14. The second kappa shape index (κ2) is 13.0. The summed E-state index contributed by atoms with van der Waals surface area (Å²) in [5.74, 6) is -1.38. The minimum Gasteiger partial charge on any atom is -0.500 e. The van der Waals surface area contributed by atoms with Gasteiger partial charge in [-0.3, -0.25) is 0 Å². The molecule has 27 heavy (non-hydrogen) atoms. The maximum atomic E-state index is 12.4. The van der Waals surface area contributed by atoms with E-state index in [0.717, 1.165) is 25.5 Å². The Morgan fingerprint density at radius 3 is 2.44 bits per heavy atom. The van der Waals surface area contributed by atoms with E-state index in [1.807, 2.05) is 0 Å².